The zero-order valence-electron chi connectivity index (χ0n) is 17.1. The summed E-state index contributed by atoms with van der Waals surface area (Å²) in [7, 11) is 3.22. The maximum atomic E-state index is 14.2. The number of fused-ring (bicyclic) bond motifs is 1. The maximum absolute atomic E-state index is 14.2. The molecule has 0 bridgehead atoms. The largest absolute Gasteiger partial charge is 0.493 e. The van der Waals surface area contributed by atoms with Gasteiger partial charge in [0.05, 0.1) is 26.7 Å². The van der Waals surface area contributed by atoms with Crippen LogP contribution in [0.15, 0.2) is 66.7 Å². The number of carbonyl (C=O) groups excluding carboxylic acids is 1. The van der Waals surface area contributed by atoms with E-state index in [0.29, 0.717) is 30.0 Å². The molecule has 4 nitrogen and oxygen atoms in total. The zero-order valence-corrected chi connectivity index (χ0v) is 17.1. The molecular formula is C25H24FNO3. The fourth-order valence-corrected chi connectivity index (χ4v) is 4.12. The Morgan fingerprint density at radius 2 is 1.67 bits per heavy atom. The number of benzene rings is 3. The molecule has 5 heteroatoms. The van der Waals surface area contributed by atoms with Crippen LogP contribution < -0.4 is 9.47 Å². The van der Waals surface area contributed by atoms with E-state index < -0.39 is 0 Å². The molecule has 0 fully saturated rings. The van der Waals surface area contributed by atoms with Crippen LogP contribution in [0, 0.1) is 5.82 Å². The average molecular weight is 405 g/mol. The molecule has 3 aromatic rings. The van der Waals surface area contributed by atoms with Gasteiger partial charge in [-0.1, -0.05) is 48.5 Å². The minimum Gasteiger partial charge on any atom is -0.493 e. The molecule has 1 atom stereocenters. The van der Waals surface area contributed by atoms with Crippen LogP contribution in [0.5, 0.6) is 11.5 Å². The summed E-state index contributed by atoms with van der Waals surface area (Å²) in [4.78, 5) is 15.1. The van der Waals surface area contributed by atoms with Gasteiger partial charge in [0.25, 0.3) is 0 Å². The first-order chi connectivity index (χ1) is 14.6. The minimum atomic E-state index is -0.356. The lowest BCUT2D eigenvalue weighted by Gasteiger charge is -2.38. The van der Waals surface area contributed by atoms with Gasteiger partial charge in [0.15, 0.2) is 11.5 Å². The van der Waals surface area contributed by atoms with Gasteiger partial charge in [0, 0.05) is 6.54 Å². The van der Waals surface area contributed by atoms with Gasteiger partial charge >= 0.3 is 0 Å². The van der Waals surface area contributed by atoms with Gasteiger partial charge in [-0.05, 0) is 46.9 Å². The van der Waals surface area contributed by atoms with E-state index in [1.807, 2.05) is 47.4 Å². The molecule has 0 saturated carbocycles. The van der Waals surface area contributed by atoms with E-state index in [1.165, 1.54) is 6.07 Å². The molecule has 1 unspecified atom stereocenters. The topological polar surface area (TPSA) is 38.8 Å². The van der Waals surface area contributed by atoms with E-state index in [9.17, 15) is 9.18 Å². The Morgan fingerprint density at radius 1 is 1.00 bits per heavy atom. The van der Waals surface area contributed by atoms with Crippen molar-refractivity contribution in [1.82, 2.24) is 4.90 Å². The first-order valence-electron chi connectivity index (χ1n) is 9.95. The summed E-state index contributed by atoms with van der Waals surface area (Å²) in [6, 6.07) is 20.0. The third-order valence-electron chi connectivity index (χ3n) is 5.61. The molecule has 154 valence electrons. The summed E-state index contributed by atoms with van der Waals surface area (Å²) in [5, 5.41) is 0. The minimum absolute atomic E-state index is 0.0264. The first-order valence-corrected chi connectivity index (χ1v) is 9.95. The lowest BCUT2D eigenvalue weighted by molar-refractivity contribution is -0.132. The number of rotatable bonds is 5. The average Bonchev–Trinajstić information content (AvgIpc) is 2.79. The van der Waals surface area contributed by atoms with Gasteiger partial charge in [-0.15, -0.1) is 0 Å². The van der Waals surface area contributed by atoms with Crippen LogP contribution in [0.2, 0.25) is 0 Å². The van der Waals surface area contributed by atoms with E-state index >= 15 is 0 Å². The van der Waals surface area contributed by atoms with Crippen LogP contribution in [0.1, 0.15) is 28.3 Å². The molecule has 1 amide bonds. The molecule has 30 heavy (non-hydrogen) atoms. The molecule has 1 heterocycles. The lowest BCUT2D eigenvalue weighted by atomic mass is 9.87. The van der Waals surface area contributed by atoms with Crippen LogP contribution in [-0.4, -0.2) is 31.6 Å². The molecule has 1 aliphatic rings. The highest BCUT2D eigenvalue weighted by atomic mass is 19.1. The molecular weight excluding hydrogens is 381 g/mol. The number of ether oxygens (including phenoxy) is 2. The third-order valence-corrected chi connectivity index (χ3v) is 5.61. The highest BCUT2D eigenvalue weighted by Crippen LogP contribution is 2.41. The molecule has 4 rings (SSSR count). The van der Waals surface area contributed by atoms with Gasteiger partial charge in [0.1, 0.15) is 5.82 Å². The van der Waals surface area contributed by atoms with Crippen molar-refractivity contribution in [3.63, 3.8) is 0 Å². The summed E-state index contributed by atoms with van der Waals surface area (Å²) in [6.45, 7) is 0.551. The molecule has 0 aromatic heterocycles. The molecule has 0 saturated heterocycles. The quantitative estimate of drug-likeness (QED) is 0.625. The predicted octanol–water partition coefficient (Wildman–Crippen LogP) is 4.56. The van der Waals surface area contributed by atoms with E-state index in [4.69, 9.17) is 9.47 Å². The van der Waals surface area contributed by atoms with Gasteiger partial charge < -0.3 is 14.4 Å². The Kier molecular flexibility index (Phi) is 5.70. The van der Waals surface area contributed by atoms with Gasteiger partial charge in [-0.2, -0.15) is 0 Å². The second-order valence-electron chi connectivity index (χ2n) is 7.32. The monoisotopic (exact) mass is 405 g/mol. The highest BCUT2D eigenvalue weighted by Gasteiger charge is 2.33. The molecule has 0 aliphatic carbocycles. The fraction of sp³-hybridized carbons (Fsp3) is 0.240. The maximum Gasteiger partial charge on any atom is 0.227 e. The number of nitrogens with zero attached hydrogens (tertiary/aromatic N) is 1. The third kappa shape index (κ3) is 3.75. The van der Waals surface area contributed by atoms with Crippen molar-refractivity contribution in [3.8, 4) is 11.5 Å². The van der Waals surface area contributed by atoms with Gasteiger partial charge in [0.2, 0.25) is 5.91 Å². The SMILES string of the molecule is COc1cc2c(cc1OC)C(c1ccccc1)N(C(=O)Cc1ccccc1F)CC2. The molecule has 0 radical (unpaired) electrons. The van der Waals surface area contributed by atoms with E-state index in [-0.39, 0.29) is 24.2 Å². The molecule has 1 aliphatic heterocycles. The number of halogens is 1. The smallest absolute Gasteiger partial charge is 0.227 e. The van der Waals surface area contributed by atoms with Crippen LogP contribution in [-0.2, 0) is 17.6 Å². The summed E-state index contributed by atoms with van der Waals surface area (Å²) >= 11 is 0. The second-order valence-corrected chi connectivity index (χ2v) is 7.32. The van der Waals surface area contributed by atoms with Crippen LogP contribution in [0.25, 0.3) is 0 Å². The Hall–Kier alpha value is -3.34. The lowest BCUT2D eigenvalue weighted by Crippen LogP contribution is -2.41. The number of amides is 1. The van der Waals surface area contributed by atoms with Crippen LogP contribution in [0.3, 0.4) is 0 Å². The van der Waals surface area contributed by atoms with Crippen molar-refractivity contribution in [1.29, 1.82) is 0 Å². The fourth-order valence-electron chi connectivity index (χ4n) is 4.12. The second kappa shape index (κ2) is 8.57. The molecule has 3 aromatic carbocycles. The number of carbonyl (C=O) groups is 1. The van der Waals surface area contributed by atoms with Gasteiger partial charge in [-0.3, -0.25) is 4.79 Å². The Morgan fingerprint density at radius 3 is 2.37 bits per heavy atom. The number of methoxy groups -OCH3 is 2. The van der Waals surface area contributed by atoms with Crippen molar-refractivity contribution >= 4 is 5.91 Å². The highest BCUT2D eigenvalue weighted by molar-refractivity contribution is 5.80. The van der Waals surface area contributed by atoms with E-state index in [2.05, 4.69) is 0 Å². The van der Waals surface area contributed by atoms with Crippen LogP contribution >= 0.6 is 0 Å². The van der Waals surface area contributed by atoms with E-state index in [1.54, 1.807) is 32.4 Å². The van der Waals surface area contributed by atoms with Gasteiger partial charge in [-0.25, -0.2) is 4.39 Å². The summed E-state index contributed by atoms with van der Waals surface area (Å²) < 4.78 is 25.1. The van der Waals surface area contributed by atoms with Crippen molar-refractivity contribution in [2.45, 2.75) is 18.9 Å². The van der Waals surface area contributed by atoms with Crippen molar-refractivity contribution in [2.24, 2.45) is 0 Å². The standard InChI is InChI=1S/C25H24FNO3/c1-29-22-14-18-12-13-27(24(28)15-19-10-6-7-11-21(19)26)25(17-8-4-3-5-9-17)20(18)16-23(22)30-2/h3-11,14,16,25H,12-13,15H2,1-2H3. The van der Waals surface area contributed by atoms with Crippen molar-refractivity contribution in [2.75, 3.05) is 20.8 Å². The summed E-state index contributed by atoms with van der Waals surface area (Å²) in [5.41, 5.74) is 3.54. The zero-order chi connectivity index (χ0) is 21.1. The normalized spacial score (nSPS) is 15.4. The van der Waals surface area contributed by atoms with Crippen molar-refractivity contribution < 1.29 is 18.7 Å². The Labute approximate surface area is 175 Å². The number of hydrogen-bond donors (Lipinski definition) is 0. The first kappa shape index (κ1) is 20.0. The van der Waals surface area contributed by atoms with E-state index in [0.717, 1.165) is 16.7 Å². The Balaban J connectivity index is 1.76. The van der Waals surface area contributed by atoms with Crippen molar-refractivity contribution in [3.05, 3.63) is 94.8 Å². The molecule has 0 N–H and O–H groups in total. The number of hydrogen-bond acceptors (Lipinski definition) is 3. The predicted molar refractivity (Wildman–Crippen MR) is 113 cm³/mol. The Bertz CT molecular complexity index is 1050. The summed E-state index contributed by atoms with van der Waals surface area (Å²) in [5.74, 6) is 0.843. The summed E-state index contributed by atoms with van der Waals surface area (Å²) in [6.07, 6.45) is 0.723. The van der Waals surface area contributed by atoms with Crippen LogP contribution in [0.4, 0.5) is 4.39 Å². The molecule has 0 spiro atoms.